The third-order valence-corrected chi connectivity index (χ3v) is 4.87. The zero-order valence-electron chi connectivity index (χ0n) is 11.0. The number of nitrogens with one attached hydrogen (secondary N) is 1. The molecule has 0 aliphatic carbocycles. The predicted octanol–water partition coefficient (Wildman–Crippen LogP) is 4.36. The molecule has 108 valence electrons. The first-order valence-electron chi connectivity index (χ1n) is 6.48. The molecule has 3 rings (SSSR count). The Morgan fingerprint density at radius 2 is 2.14 bits per heavy atom. The molecule has 0 bridgehead atoms. The summed E-state index contributed by atoms with van der Waals surface area (Å²) < 4.78 is 0. The van der Waals surface area contributed by atoms with Crippen LogP contribution in [0.15, 0.2) is 41.4 Å². The van der Waals surface area contributed by atoms with Crippen molar-refractivity contribution in [3.63, 3.8) is 0 Å². The first-order valence-corrected chi connectivity index (χ1v) is 8.22. The van der Waals surface area contributed by atoms with Crippen molar-refractivity contribution in [3.8, 4) is 0 Å². The molecule has 1 N–H and O–H groups in total. The summed E-state index contributed by atoms with van der Waals surface area (Å²) in [5.74, 6) is 0.818. The fourth-order valence-electron chi connectivity index (χ4n) is 2.30. The van der Waals surface area contributed by atoms with Gasteiger partial charge in [-0.15, -0.1) is 11.8 Å². The fraction of sp³-hybridized carbons (Fsp3) is 0.200. The number of fused-ring (bicyclic) bond motifs is 1. The van der Waals surface area contributed by atoms with E-state index in [9.17, 15) is 4.79 Å². The van der Waals surface area contributed by atoms with Gasteiger partial charge in [-0.1, -0.05) is 23.2 Å². The van der Waals surface area contributed by atoms with Gasteiger partial charge in [0.25, 0.3) is 5.91 Å². The molecule has 0 saturated heterocycles. The second kappa shape index (κ2) is 6.26. The average molecular weight is 339 g/mol. The van der Waals surface area contributed by atoms with Crippen molar-refractivity contribution >= 4 is 40.9 Å². The van der Waals surface area contributed by atoms with Crippen molar-refractivity contribution in [2.45, 2.75) is 17.4 Å². The van der Waals surface area contributed by atoms with Gasteiger partial charge >= 0.3 is 0 Å². The van der Waals surface area contributed by atoms with Crippen LogP contribution in [0.1, 0.15) is 28.4 Å². The standard InChI is InChI=1S/C15H12Cl2N2OS/c16-10-1-2-13-11(8-10)12(4-6-21-13)19-15(20)9-3-5-18-14(17)7-9/h1-3,5,7-8,12H,4,6H2,(H,19,20). The number of halogens is 2. The van der Waals surface area contributed by atoms with Gasteiger partial charge in [-0.25, -0.2) is 4.98 Å². The number of aromatic nitrogens is 1. The van der Waals surface area contributed by atoms with Crippen molar-refractivity contribution in [1.29, 1.82) is 0 Å². The van der Waals surface area contributed by atoms with E-state index in [-0.39, 0.29) is 11.9 Å². The minimum absolute atomic E-state index is 0.0283. The number of carbonyl (C=O) groups is 1. The van der Waals surface area contributed by atoms with Crippen molar-refractivity contribution < 1.29 is 4.79 Å². The average Bonchev–Trinajstić information content (AvgIpc) is 2.48. The molecule has 3 nitrogen and oxygen atoms in total. The summed E-state index contributed by atoms with van der Waals surface area (Å²) in [4.78, 5) is 17.4. The van der Waals surface area contributed by atoms with Crippen LogP contribution in [0.25, 0.3) is 0 Å². The Labute approximate surface area is 137 Å². The molecule has 1 amide bonds. The monoisotopic (exact) mass is 338 g/mol. The topological polar surface area (TPSA) is 42.0 Å². The van der Waals surface area contributed by atoms with E-state index in [0.717, 1.165) is 17.7 Å². The summed E-state index contributed by atoms with van der Waals surface area (Å²) in [6.45, 7) is 0. The van der Waals surface area contributed by atoms with E-state index in [1.165, 1.54) is 11.1 Å². The van der Waals surface area contributed by atoms with Crippen LogP contribution in [0.3, 0.4) is 0 Å². The second-order valence-electron chi connectivity index (χ2n) is 4.71. The van der Waals surface area contributed by atoms with E-state index < -0.39 is 0 Å². The molecule has 1 aliphatic rings. The van der Waals surface area contributed by atoms with E-state index in [4.69, 9.17) is 23.2 Å². The van der Waals surface area contributed by atoms with Crippen LogP contribution in [-0.2, 0) is 0 Å². The highest BCUT2D eigenvalue weighted by Gasteiger charge is 2.23. The van der Waals surface area contributed by atoms with Gasteiger partial charge in [0.15, 0.2) is 0 Å². The van der Waals surface area contributed by atoms with Gasteiger partial charge in [-0.2, -0.15) is 0 Å². The molecule has 0 spiro atoms. The van der Waals surface area contributed by atoms with Crippen LogP contribution in [0, 0.1) is 0 Å². The second-order valence-corrected chi connectivity index (χ2v) is 6.67. The van der Waals surface area contributed by atoms with E-state index in [2.05, 4.69) is 10.3 Å². The van der Waals surface area contributed by atoms with Crippen LogP contribution in [0.5, 0.6) is 0 Å². The first kappa shape index (κ1) is 14.7. The number of thioether (sulfide) groups is 1. The Morgan fingerprint density at radius 3 is 2.95 bits per heavy atom. The molecule has 1 aromatic heterocycles. The van der Waals surface area contributed by atoms with Crippen LogP contribution in [-0.4, -0.2) is 16.6 Å². The maximum absolute atomic E-state index is 12.3. The Bertz CT molecular complexity index is 693. The quantitative estimate of drug-likeness (QED) is 0.827. The zero-order valence-corrected chi connectivity index (χ0v) is 13.3. The van der Waals surface area contributed by atoms with Gasteiger partial charge < -0.3 is 5.32 Å². The van der Waals surface area contributed by atoms with Gasteiger partial charge in [0.1, 0.15) is 5.15 Å². The molecule has 6 heteroatoms. The Morgan fingerprint density at radius 1 is 1.29 bits per heavy atom. The molecule has 0 saturated carbocycles. The van der Waals surface area contributed by atoms with E-state index in [1.807, 2.05) is 18.2 Å². The number of pyridine rings is 1. The summed E-state index contributed by atoms with van der Waals surface area (Å²) in [6, 6.07) is 8.99. The number of nitrogens with zero attached hydrogens (tertiary/aromatic N) is 1. The van der Waals surface area contributed by atoms with Crippen LogP contribution in [0.2, 0.25) is 10.2 Å². The largest absolute Gasteiger partial charge is 0.345 e. The lowest BCUT2D eigenvalue weighted by Crippen LogP contribution is -2.30. The lowest BCUT2D eigenvalue weighted by Gasteiger charge is -2.26. The van der Waals surface area contributed by atoms with Crippen molar-refractivity contribution in [3.05, 3.63) is 57.8 Å². The molecule has 1 aliphatic heterocycles. The minimum Gasteiger partial charge on any atom is -0.345 e. The molecule has 1 unspecified atom stereocenters. The van der Waals surface area contributed by atoms with Crippen LogP contribution >= 0.6 is 35.0 Å². The van der Waals surface area contributed by atoms with Gasteiger partial charge in [-0.05, 0) is 42.3 Å². The Hall–Kier alpha value is -1.23. The molecule has 1 aromatic carbocycles. The zero-order chi connectivity index (χ0) is 14.8. The van der Waals surface area contributed by atoms with Gasteiger partial charge in [0.2, 0.25) is 0 Å². The molecule has 2 aromatic rings. The van der Waals surface area contributed by atoms with E-state index in [0.29, 0.717) is 15.7 Å². The lowest BCUT2D eigenvalue weighted by molar-refractivity contribution is 0.0935. The maximum Gasteiger partial charge on any atom is 0.251 e. The highest BCUT2D eigenvalue weighted by molar-refractivity contribution is 7.99. The van der Waals surface area contributed by atoms with Gasteiger partial charge in [0.05, 0.1) is 6.04 Å². The maximum atomic E-state index is 12.3. The predicted molar refractivity (Wildman–Crippen MR) is 86.2 cm³/mol. The number of carbonyl (C=O) groups excluding carboxylic acids is 1. The molecule has 1 atom stereocenters. The molecule has 0 radical (unpaired) electrons. The Balaban J connectivity index is 1.83. The van der Waals surface area contributed by atoms with Crippen LogP contribution < -0.4 is 5.32 Å². The van der Waals surface area contributed by atoms with E-state index in [1.54, 1.807) is 23.9 Å². The summed E-state index contributed by atoms with van der Waals surface area (Å²) in [5.41, 5.74) is 1.59. The summed E-state index contributed by atoms with van der Waals surface area (Å²) >= 11 is 13.7. The van der Waals surface area contributed by atoms with Gasteiger partial charge in [0, 0.05) is 27.4 Å². The number of benzene rings is 1. The summed E-state index contributed by atoms with van der Waals surface area (Å²) in [5, 5.41) is 4.04. The summed E-state index contributed by atoms with van der Waals surface area (Å²) in [6.07, 6.45) is 2.40. The molecule has 0 fully saturated rings. The number of hydrogen-bond donors (Lipinski definition) is 1. The van der Waals surface area contributed by atoms with Crippen molar-refractivity contribution in [2.24, 2.45) is 0 Å². The fourth-order valence-corrected chi connectivity index (χ4v) is 3.76. The molecular formula is C15H12Cl2N2OS. The van der Waals surface area contributed by atoms with Crippen molar-refractivity contribution in [2.75, 3.05) is 5.75 Å². The molecule has 21 heavy (non-hydrogen) atoms. The van der Waals surface area contributed by atoms with E-state index >= 15 is 0 Å². The number of rotatable bonds is 2. The minimum atomic E-state index is -0.151. The Kier molecular flexibility index (Phi) is 4.38. The SMILES string of the molecule is O=C(NC1CCSc2ccc(Cl)cc21)c1ccnc(Cl)c1. The molecular weight excluding hydrogens is 327 g/mol. The highest BCUT2D eigenvalue weighted by Crippen LogP contribution is 2.37. The number of hydrogen-bond acceptors (Lipinski definition) is 3. The third-order valence-electron chi connectivity index (χ3n) is 3.31. The normalized spacial score (nSPS) is 17.1. The lowest BCUT2D eigenvalue weighted by atomic mass is 10.0. The summed E-state index contributed by atoms with van der Waals surface area (Å²) in [7, 11) is 0. The number of amides is 1. The smallest absolute Gasteiger partial charge is 0.251 e. The van der Waals surface area contributed by atoms with Crippen LogP contribution in [0.4, 0.5) is 0 Å². The first-order chi connectivity index (χ1) is 10.1. The van der Waals surface area contributed by atoms with Crippen molar-refractivity contribution in [1.82, 2.24) is 10.3 Å². The van der Waals surface area contributed by atoms with Gasteiger partial charge in [-0.3, -0.25) is 4.79 Å². The third kappa shape index (κ3) is 3.34. The molecule has 2 heterocycles. The highest BCUT2D eigenvalue weighted by atomic mass is 35.5.